The van der Waals surface area contributed by atoms with Gasteiger partial charge in [0.1, 0.15) is 5.75 Å². The van der Waals surface area contributed by atoms with E-state index in [0.29, 0.717) is 29.4 Å². The van der Waals surface area contributed by atoms with Crippen molar-refractivity contribution in [1.82, 2.24) is 9.78 Å². The second kappa shape index (κ2) is 4.55. The molecular formula is C11H12ClN3O. The molecule has 84 valence electrons. The maximum atomic E-state index is 9.77. The number of phenolic OH excluding ortho intramolecular Hbond substituents is 1. The highest BCUT2D eigenvalue weighted by molar-refractivity contribution is 6.33. The highest BCUT2D eigenvalue weighted by Gasteiger charge is 2.13. The lowest BCUT2D eigenvalue weighted by Gasteiger charge is -2.08. The van der Waals surface area contributed by atoms with Crippen LogP contribution in [0.25, 0.3) is 11.3 Å². The van der Waals surface area contributed by atoms with E-state index < -0.39 is 0 Å². The number of benzene rings is 1. The third kappa shape index (κ3) is 1.89. The number of aromatic nitrogens is 2. The first-order valence-electron chi connectivity index (χ1n) is 4.93. The minimum atomic E-state index is 0.183. The number of para-hydroxylation sites is 1. The Morgan fingerprint density at radius 2 is 2.12 bits per heavy atom. The molecule has 1 heterocycles. The van der Waals surface area contributed by atoms with Crippen LogP contribution in [0.3, 0.4) is 0 Å². The zero-order valence-corrected chi connectivity index (χ0v) is 9.35. The standard InChI is InChI=1S/C11H12ClN3O/c12-9-7-14-15(6-5-13)11(9)8-3-1-2-4-10(8)16/h1-4,7,16H,5-6,13H2. The Balaban J connectivity index is 2.54. The van der Waals surface area contributed by atoms with Crippen molar-refractivity contribution in [3.8, 4) is 17.0 Å². The van der Waals surface area contributed by atoms with Crippen LogP contribution < -0.4 is 5.73 Å². The molecule has 4 nitrogen and oxygen atoms in total. The topological polar surface area (TPSA) is 64.1 Å². The van der Waals surface area contributed by atoms with Crippen LogP contribution in [0.5, 0.6) is 5.75 Å². The normalized spacial score (nSPS) is 10.6. The molecule has 0 spiro atoms. The summed E-state index contributed by atoms with van der Waals surface area (Å²) in [5.74, 6) is 0.183. The molecule has 0 fully saturated rings. The number of nitrogens with two attached hydrogens (primary N) is 1. The molecule has 0 saturated carbocycles. The molecule has 1 aromatic heterocycles. The summed E-state index contributed by atoms with van der Waals surface area (Å²) in [5.41, 5.74) is 6.85. The molecule has 3 N–H and O–H groups in total. The lowest BCUT2D eigenvalue weighted by Crippen LogP contribution is -2.12. The minimum absolute atomic E-state index is 0.183. The molecule has 2 aromatic rings. The summed E-state index contributed by atoms with van der Waals surface area (Å²) in [4.78, 5) is 0. The first-order valence-corrected chi connectivity index (χ1v) is 5.31. The van der Waals surface area contributed by atoms with Crippen molar-refractivity contribution < 1.29 is 5.11 Å². The summed E-state index contributed by atoms with van der Waals surface area (Å²) in [6.45, 7) is 1.04. The van der Waals surface area contributed by atoms with E-state index >= 15 is 0 Å². The lowest BCUT2D eigenvalue weighted by atomic mass is 10.1. The van der Waals surface area contributed by atoms with Crippen molar-refractivity contribution in [2.45, 2.75) is 6.54 Å². The first kappa shape index (κ1) is 11.0. The summed E-state index contributed by atoms with van der Waals surface area (Å²) in [6.07, 6.45) is 1.55. The summed E-state index contributed by atoms with van der Waals surface area (Å²) in [7, 11) is 0. The summed E-state index contributed by atoms with van der Waals surface area (Å²) in [5, 5.41) is 14.4. The van der Waals surface area contributed by atoms with E-state index in [4.69, 9.17) is 17.3 Å². The van der Waals surface area contributed by atoms with Gasteiger partial charge in [-0.1, -0.05) is 23.7 Å². The molecule has 0 radical (unpaired) electrons. The third-order valence-corrected chi connectivity index (χ3v) is 2.57. The monoisotopic (exact) mass is 237 g/mol. The van der Waals surface area contributed by atoms with Gasteiger partial charge >= 0.3 is 0 Å². The van der Waals surface area contributed by atoms with Crippen molar-refractivity contribution in [3.63, 3.8) is 0 Å². The average molecular weight is 238 g/mol. The lowest BCUT2D eigenvalue weighted by molar-refractivity contribution is 0.476. The van der Waals surface area contributed by atoms with E-state index in [2.05, 4.69) is 5.10 Å². The van der Waals surface area contributed by atoms with E-state index in [1.165, 1.54) is 0 Å². The highest BCUT2D eigenvalue weighted by Crippen LogP contribution is 2.33. The Morgan fingerprint density at radius 3 is 2.81 bits per heavy atom. The van der Waals surface area contributed by atoms with Gasteiger partial charge in [0.15, 0.2) is 0 Å². The molecule has 16 heavy (non-hydrogen) atoms. The molecule has 0 atom stereocenters. The van der Waals surface area contributed by atoms with Crippen molar-refractivity contribution in [2.24, 2.45) is 5.73 Å². The molecule has 0 unspecified atom stereocenters. The van der Waals surface area contributed by atoms with Gasteiger partial charge in [-0.15, -0.1) is 0 Å². The maximum absolute atomic E-state index is 9.77. The van der Waals surface area contributed by atoms with Crippen LogP contribution in [0.4, 0.5) is 0 Å². The molecule has 0 aliphatic carbocycles. The number of aromatic hydroxyl groups is 1. The quantitative estimate of drug-likeness (QED) is 0.857. The molecule has 0 bridgehead atoms. The van der Waals surface area contributed by atoms with Crippen LogP contribution in [0.2, 0.25) is 5.02 Å². The van der Waals surface area contributed by atoms with E-state index in [9.17, 15) is 5.11 Å². The number of nitrogens with zero attached hydrogens (tertiary/aromatic N) is 2. The predicted octanol–water partition coefficient (Wildman–Crippen LogP) is 1.87. The highest BCUT2D eigenvalue weighted by atomic mass is 35.5. The van der Waals surface area contributed by atoms with Crippen molar-refractivity contribution in [3.05, 3.63) is 35.5 Å². The predicted molar refractivity (Wildman–Crippen MR) is 63.4 cm³/mol. The van der Waals surface area contributed by atoms with Crippen LogP contribution in [0, 0.1) is 0 Å². The average Bonchev–Trinajstić information content (AvgIpc) is 2.62. The number of halogens is 1. The molecular weight excluding hydrogens is 226 g/mol. The molecule has 0 saturated heterocycles. The molecule has 5 heteroatoms. The van der Waals surface area contributed by atoms with Gasteiger partial charge in [-0.2, -0.15) is 5.10 Å². The van der Waals surface area contributed by atoms with Gasteiger partial charge in [0.05, 0.1) is 23.5 Å². The van der Waals surface area contributed by atoms with Crippen LogP contribution >= 0.6 is 11.6 Å². The van der Waals surface area contributed by atoms with Crippen LogP contribution in [-0.4, -0.2) is 21.4 Å². The minimum Gasteiger partial charge on any atom is -0.507 e. The zero-order chi connectivity index (χ0) is 11.5. The van der Waals surface area contributed by atoms with Gasteiger partial charge in [-0.3, -0.25) is 4.68 Å². The first-order chi connectivity index (χ1) is 7.74. The zero-order valence-electron chi connectivity index (χ0n) is 8.60. The number of rotatable bonds is 3. The van der Waals surface area contributed by atoms with Gasteiger partial charge in [-0.25, -0.2) is 0 Å². The smallest absolute Gasteiger partial charge is 0.125 e. The van der Waals surface area contributed by atoms with Gasteiger partial charge < -0.3 is 10.8 Å². The summed E-state index contributed by atoms with van der Waals surface area (Å²) >= 11 is 6.05. The largest absolute Gasteiger partial charge is 0.507 e. The van der Waals surface area contributed by atoms with Gasteiger partial charge in [0.2, 0.25) is 0 Å². The van der Waals surface area contributed by atoms with Gasteiger partial charge in [-0.05, 0) is 12.1 Å². The van der Waals surface area contributed by atoms with Crippen molar-refractivity contribution in [1.29, 1.82) is 0 Å². The van der Waals surface area contributed by atoms with Crippen LogP contribution in [0.1, 0.15) is 0 Å². The Bertz CT molecular complexity index is 496. The van der Waals surface area contributed by atoms with Gasteiger partial charge in [0.25, 0.3) is 0 Å². The van der Waals surface area contributed by atoms with E-state index in [0.717, 1.165) is 0 Å². The number of hydrogen-bond acceptors (Lipinski definition) is 3. The summed E-state index contributed by atoms with van der Waals surface area (Å²) in [6, 6.07) is 7.01. The molecule has 0 aliphatic heterocycles. The molecule has 0 amide bonds. The Kier molecular flexibility index (Phi) is 3.12. The number of phenols is 1. The van der Waals surface area contributed by atoms with Crippen molar-refractivity contribution in [2.75, 3.05) is 6.54 Å². The van der Waals surface area contributed by atoms with Crippen LogP contribution in [0.15, 0.2) is 30.5 Å². The van der Waals surface area contributed by atoms with Gasteiger partial charge in [0, 0.05) is 12.1 Å². The SMILES string of the molecule is NCCn1ncc(Cl)c1-c1ccccc1O. The fraction of sp³-hybridized carbons (Fsp3) is 0.182. The van der Waals surface area contributed by atoms with E-state index in [1.54, 1.807) is 29.1 Å². The Morgan fingerprint density at radius 1 is 1.38 bits per heavy atom. The second-order valence-electron chi connectivity index (χ2n) is 3.37. The second-order valence-corrected chi connectivity index (χ2v) is 3.78. The van der Waals surface area contributed by atoms with Crippen LogP contribution in [-0.2, 0) is 6.54 Å². The fourth-order valence-electron chi connectivity index (χ4n) is 1.60. The Labute approximate surface area is 98.3 Å². The molecule has 2 rings (SSSR count). The maximum Gasteiger partial charge on any atom is 0.125 e. The fourth-order valence-corrected chi connectivity index (χ4v) is 1.84. The number of hydrogen-bond donors (Lipinski definition) is 2. The Hall–Kier alpha value is -1.52. The van der Waals surface area contributed by atoms with E-state index in [1.807, 2.05) is 6.07 Å². The summed E-state index contributed by atoms with van der Waals surface area (Å²) < 4.78 is 1.69. The molecule has 1 aromatic carbocycles. The molecule has 0 aliphatic rings. The van der Waals surface area contributed by atoms with E-state index in [-0.39, 0.29) is 5.75 Å². The third-order valence-electron chi connectivity index (χ3n) is 2.29. The van der Waals surface area contributed by atoms with Crippen molar-refractivity contribution >= 4 is 11.6 Å².